The van der Waals surface area contributed by atoms with E-state index >= 15 is 0 Å². The first kappa shape index (κ1) is 15.0. The second-order valence-electron chi connectivity index (χ2n) is 6.16. The first-order chi connectivity index (χ1) is 9.29. The Balaban J connectivity index is 1.71. The number of unbranched alkanes of at least 4 members (excludes halogenated alkanes) is 3. The molecule has 1 aliphatic carbocycles. The summed E-state index contributed by atoms with van der Waals surface area (Å²) in [4.78, 5) is 1.08. The van der Waals surface area contributed by atoms with Gasteiger partial charge in [-0.2, -0.15) is 0 Å². The maximum absolute atomic E-state index is 4.37. The summed E-state index contributed by atoms with van der Waals surface area (Å²) in [6.45, 7) is 2.29. The van der Waals surface area contributed by atoms with Crippen molar-refractivity contribution in [1.82, 2.24) is 0 Å². The molecule has 1 aliphatic rings. The molecule has 0 heterocycles. The Kier molecular flexibility index (Phi) is 6.30. The Hall–Kier alpha value is -0.430. The molecule has 0 nitrogen and oxygen atoms in total. The molecule has 0 aliphatic heterocycles. The normalized spacial score (nSPS) is 23.5. The first-order valence-corrected chi connectivity index (χ1v) is 8.53. The summed E-state index contributed by atoms with van der Waals surface area (Å²) in [6.07, 6.45) is 12.8. The highest BCUT2D eigenvalue weighted by Gasteiger charge is 2.21. The van der Waals surface area contributed by atoms with E-state index in [1.807, 2.05) is 0 Å². The monoisotopic (exact) mass is 276 g/mol. The van der Waals surface area contributed by atoms with E-state index in [1.54, 1.807) is 0 Å². The average Bonchev–Trinajstić information content (AvgIpc) is 2.45. The summed E-state index contributed by atoms with van der Waals surface area (Å²) in [5, 5.41) is 0. The van der Waals surface area contributed by atoms with Gasteiger partial charge in [0.2, 0.25) is 0 Å². The van der Waals surface area contributed by atoms with Crippen LogP contribution in [0.15, 0.2) is 29.2 Å². The lowest BCUT2D eigenvalue weighted by atomic mass is 9.77. The minimum Gasteiger partial charge on any atom is -0.143 e. The highest BCUT2D eigenvalue weighted by molar-refractivity contribution is 7.80. The molecule has 19 heavy (non-hydrogen) atoms. The third kappa shape index (κ3) is 4.87. The molecule has 106 valence electrons. The van der Waals surface area contributed by atoms with Gasteiger partial charge in [-0.15, -0.1) is 12.6 Å². The highest BCUT2D eigenvalue weighted by atomic mass is 32.1. The second kappa shape index (κ2) is 7.99. The molecule has 0 unspecified atom stereocenters. The van der Waals surface area contributed by atoms with E-state index in [4.69, 9.17) is 0 Å². The van der Waals surface area contributed by atoms with Gasteiger partial charge in [-0.05, 0) is 55.2 Å². The van der Waals surface area contributed by atoms with Crippen molar-refractivity contribution in [2.75, 3.05) is 0 Å². The lowest BCUT2D eigenvalue weighted by Crippen LogP contribution is -2.13. The summed E-state index contributed by atoms with van der Waals surface area (Å²) >= 11 is 4.37. The molecule has 2 rings (SSSR count). The number of benzene rings is 1. The van der Waals surface area contributed by atoms with Crippen LogP contribution in [-0.4, -0.2) is 0 Å². The quantitative estimate of drug-likeness (QED) is 0.463. The van der Waals surface area contributed by atoms with Crippen LogP contribution in [-0.2, 0) is 0 Å². The van der Waals surface area contributed by atoms with Crippen LogP contribution in [0, 0.1) is 5.92 Å². The van der Waals surface area contributed by atoms with Crippen LogP contribution in [0.2, 0.25) is 0 Å². The Morgan fingerprint density at radius 1 is 0.947 bits per heavy atom. The minimum absolute atomic E-state index is 0.806. The van der Waals surface area contributed by atoms with Crippen molar-refractivity contribution in [2.45, 2.75) is 75.5 Å². The van der Waals surface area contributed by atoms with Gasteiger partial charge in [0.1, 0.15) is 0 Å². The Labute approximate surface area is 124 Å². The van der Waals surface area contributed by atoms with E-state index in [0.717, 1.165) is 16.7 Å². The first-order valence-electron chi connectivity index (χ1n) is 8.08. The zero-order valence-electron chi connectivity index (χ0n) is 12.3. The third-order valence-corrected chi connectivity index (χ3v) is 4.98. The van der Waals surface area contributed by atoms with Crippen molar-refractivity contribution in [1.29, 1.82) is 0 Å². The fourth-order valence-electron chi connectivity index (χ4n) is 3.39. The van der Waals surface area contributed by atoms with Crippen molar-refractivity contribution >= 4 is 12.6 Å². The molecule has 0 amide bonds. The van der Waals surface area contributed by atoms with Crippen molar-refractivity contribution in [2.24, 2.45) is 5.92 Å². The number of hydrogen-bond donors (Lipinski definition) is 1. The lowest BCUT2D eigenvalue weighted by molar-refractivity contribution is 0.302. The highest BCUT2D eigenvalue weighted by Crippen LogP contribution is 2.37. The standard InChI is InChI=1S/C18H28S/c1-2-3-4-5-6-15-7-9-16(10-8-15)17-11-13-18(19)14-12-17/h11-16,19H,2-10H2,1H3. The van der Waals surface area contributed by atoms with Gasteiger partial charge in [0.05, 0.1) is 0 Å². The molecule has 1 heteroatoms. The van der Waals surface area contributed by atoms with Crippen LogP contribution in [0.5, 0.6) is 0 Å². The summed E-state index contributed by atoms with van der Waals surface area (Å²) in [5.74, 6) is 1.82. The van der Waals surface area contributed by atoms with Gasteiger partial charge in [0.15, 0.2) is 0 Å². The summed E-state index contributed by atoms with van der Waals surface area (Å²) in [6, 6.07) is 8.81. The zero-order chi connectivity index (χ0) is 13.5. The van der Waals surface area contributed by atoms with Crippen molar-refractivity contribution in [3.63, 3.8) is 0 Å². The topological polar surface area (TPSA) is 0 Å². The fourth-order valence-corrected chi connectivity index (χ4v) is 3.54. The fraction of sp³-hybridized carbons (Fsp3) is 0.667. The lowest BCUT2D eigenvalue weighted by Gasteiger charge is -2.29. The van der Waals surface area contributed by atoms with E-state index in [-0.39, 0.29) is 0 Å². The van der Waals surface area contributed by atoms with Crippen molar-refractivity contribution < 1.29 is 0 Å². The minimum atomic E-state index is 0.806. The van der Waals surface area contributed by atoms with Crippen molar-refractivity contribution in [3.8, 4) is 0 Å². The van der Waals surface area contributed by atoms with Crippen LogP contribution in [0.1, 0.15) is 76.2 Å². The summed E-state index contributed by atoms with van der Waals surface area (Å²) in [5.41, 5.74) is 1.53. The molecular weight excluding hydrogens is 248 g/mol. The Morgan fingerprint density at radius 2 is 1.63 bits per heavy atom. The number of hydrogen-bond acceptors (Lipinski definition) is 1. The molecule has 1 fully saturated rings. The van der Waals surface area contributed by atoms with Crippen LogP contribution in [0.4, 0.5) is 0 Å². The van der Waals surface area contributed by atoms with Crippen molar-refractivity contribution in [3.05, 3.63) is 29.8 Å². The molecule has 0 atom stereocenters. The van der Waals surface area contributed by atoms with Gasteiger partial charge in [0, 0.05) is 4.90 Å². The predicted octanol–water partition coefficient (Wildman–Crippen LogP) is 6.22. The molecule has 0 saturated heterocycles. The maximum atomic E-state index is 4.37. The van der Waals surface area contributed by atoms with Gasteiger partial charge in [0.25, 0.3) is 0 Å². The maximum Gasteiger partial charge on any atom is 0.00401 e. The molecule has 1 saturated carbocycles. The molecule has 0 radical (unpaired) electrons. The van der Waals surface area contributed by atoms with Crippen LogP contribution >= 0.6 is 12.6 Å². The van der Waals surface area contributed by atoms with E-state index < -0.39 is 0 Å². The molecule has 1 aromatic rings. The molecule has 0 aromatic heterocycles. The van der Waals surface area contributed by atoms with Crippen LogP contribution in [0.25, 0.3) is 0 Å². The molecule has 0 spiro atoms. The summed E-state index contributed by atoms with van der Waals surface area (Å²) in [7, 11) is 0. The van der Waals surface area contributed by atoms with Gasteiger partial charge < -0.3 is 0 Å². The molecular formula is C18H28S. The summed E-state index contributed by atoms with van der Waals surface area (Å²) < 4.78 is 0. The van der Waals surface area contributed by atoms with E-state index in [1.165, 1.54) is 63.4 Å². The third-order valence-electron chi connectivity index (χ3n) is 4.68. The average molecular weight is 276 g/mol. The van der Waals surface area contributed by atoms with E-state index in [9.17, 15) is 0 Å². The smallest absolute Gasteiger partial charge is 0.00401 e. The van der Waals surface area contributed by atoms with Gasteiger partial charge in [-0.1, -0.05) is 51.2 Å². The largest absolute Gasteiger partial charge is 0.143 e. The van der Waals surface area contributed by atoms with Gasteiger partial charge >= 0.3 is 0 Å². The second-order valence-corrected chi connectivity index (χ2v) is 6.67. The predicted molar refractivity (Wildman–Crippen MR) is 87.2 cm³/mol. The molecule has 1 aromatic carbocycles. The number of rotatable bonds is 6. The SMILES string of the molecule is CCCCCCC1CCC(c2ccc(S)cc2)CC1. The van der Waals surface area contributed by atoms with Crippen LogP contribution in [0.3, 0.4) is 0 Å². The van der Waals surface area contributed by atoms with E-state index in [0.29, 0.717) is 0 Å². The molecule has 0 N–H and O–H groups in total. The van der Waals surface area contributed by atoms with E-state index in [2.05, 4.69) is 43.8 Å². The number of thiol groups is 1. The van der Waals surface area contributed by atoms with Gasteiger partial charge in [-0.25, -0.2) is 0 Å². The Morgan fingerprint density at radius 3 is 2.26 bits per heavy atom. The van der Waals surface area contributed by atoms with Gasteiger partial charge in [-0.3, -0.25) is 0 Å². The van der Waals surface area contributed by atoms with Crippen LogP contribution < -0.4 is 0 Å². The Bertz CT molecular complexity index is 346. The molecule has 0 bridgehead atoms. The zero-order valence-corrected chi connectivity index (χ0v) is 13.2.